The standard InChI is InChI=1S/2C16H18O2/c2*1-11(17)13-7-3-5-9-15(13)16-10-6-4-8-14(16)12(2)18/h2*3-12,17-18H,1-2H3/t2*11-,12-/m11/s1. The molecule has 0 saturated carbocycles. The molecule has 0 spiro atoms. The highest BCUT2D eigenvalue weighted by molar-refractivity contribution is 5.72. The van der Waals surface area contributed by atoms with Crippen molar-refractivity contribution in [3.63, 3.8) is 0 Å². The molecule has 4 rings (SSSR count). The molecule has 0 aliphatic carbocycles. The molecule has 0 radical (unpaired) electrons. The minimum absolute atomic E-state index is 0.525. The Morgan fingerprint density at radius 1 is 0.333 bits per heavy atom. The largest absolute Gasteiger partial charge is 0.389 e. The van der Waals surface area contributed by atoms with E-state index in [2.05, 4.69) is 0 Å². The quantitative estimate of drug-likeness (QED) is 0.239. The van der Waals surface area contributed by atoms with Gasteiger partial charge in [-0.3, -0.25) is 0 Å². The highest BCUT2D eigenvalue weighted by Crippen LogP contribution is 2.34. The van der Waals surface area contributed by atoms with Crippen molar-refractivity contribution in [2.45, 2.75) is 52.1 Å². The minimum Gasteiger partial charge on any atom is -0.389 e. The molecule has 0 heterocycles. The van der Waals surface area contributed by atoms with Gasteiger partial charge in [0.25, 0.3) is 0 Å². The van der Waals surface area contributed by atoms with E-state index in [1.165, 1.54) is 0 Å². The van der Waals surface area contributed by atoms with Crippen molar-refractivity contribution in [2.24, 2.45) is 0 Å². The van der Waals surface area contributed by atoms with Crippen molar-refractivity contribution in [2.75, 3.05) is 0 Å². The van der Waals surface area contributed by atoms with Crippen LogP contribution in [0, 0.1) is 0 Å². The van der Waals surface area contributed by atoms with Crippen molar-refractivity contribution in [3.05, 3.63) is 119 Å². The molecule has 0 unspecified atom stereocenters. The summed E-state index contributed by atoms with van der Waals surface area (Å²) >= 11 is 0. The summed E-state index contributed by atoms with van der Waals surface area (Å²) in [4.78, 5) is 0. The van der Waals surface area contributed by atoms with Gasteiger partial charge in [0.1, 0.15) is 0 Å². The average Bonchev–Trinajstić information content (AvgIpc) is 2.89. The molecule has 36 heavy (non-hydrogen) atoms. The van der Waals surface area contributed by atoms with Crippen LogP contribution in [0.1, 0.15) is 74.4 Å². The predicted molar refractivity (Wildman–Crippen MR) is 146 cm³/mol. The Bertz CT molecular complexity index is 1060. The highest BCUT2D eigenvalue weighted by Gasteiger charge is 2.15. The van der Waals surface area contributed by atoms with Crippen LogP contribution in [-0.4, -0.2) is 20.4 Å². The molecule has 4 aromatic rings. The lowest BCUT2D eigenvalue weighted by Crippen LogP contribution is -1.99. The Balaban J connectivity index is 0.000000201. The molecular weight excluding hydrogens is 448 g/mol. The van der Waals surface area contributed by atoms with Crippen LogP contribution in [0.3, 0.4) is 0 Å². The van der Waals surface area contributed by atoms with Gasteiger partial charge in [-0.2, -0.15) is 0 Å². The van der Waals surface area contributed by atoms with Gasteiger partial charge in [0.2, 0.25) is 0 Å². The topological polar surface area (TPSA) is 80.9 Å². The number of aliphatic hydroxyl groups excluding tert-OH is 4. The first-order valence-electron chi connectivity index (χ1n) is 12.3. The number of hydrogen-bond acceptors (Lipinski definition) is 4. The molecule has 0 fully saturated rings. The summed E-state index contributed by atoms with van der Waals surface area (Å²) in [6, 6.07) is 31.0. The maximum atomic E-state index is 9.83. The first kappa shape index (κ1) is 27.3. The van der Waals surface area contributed by atoms with Gasteiger partial charge in [0.15, 0.2) is 0 Å². The van der Waals surface area contributed by atoms with Gasteiger partial charge in [0, 0.05) is 0 Å². The lowest BCUT2D eigenvalue weighted by atomic mass is 9.92. The lowest BCUT2D eigenvalue weighted by Gasteiger charge is -2.16. The van der Waals surface area contributed by atoms with Crippen molar-refractivity contribution >= 4 is 0 Å². The summed E-state index contributed by atoms with van der Waals surface area (Å²) in [6.07, 6.45) is -2.10. The SMILES string of the molecule is C[C@@H](O)c1ccccc1-c1ccccc1[C@@H](C)O.C[C@@H](O)c1ccccc1-c1ccccc1[C@@H](C)O. The van der Waals surface area contributed by atoms with E-state index in [1.807, 2.05) is 97.1 Å². The smallest absolute Gasteiger partial charge is 0.0767 e. The van der Waals surface area contributed by atoms with Crippen LogP contribution in [0.5, 0.6) is 0 Å². The molecule has 0 aliphatic rings. The van der Waals surface area contributed by atoms with Gasteiger partial charge in [-0.1, -0.05) is 97.1 Å². The van der Waals surface area contributed by atoms with Crippen molar-refractivity contribution in [3.8, 4) is 22.3 Å². The maximum Gasteiger partial charge on any atom is 0.0767 e. The zero-order valence-corrected chi connectivity index (χ0v) is 21.3. The van der Waals surface area contributed by atoms with E-state index in [4.69, 9.17) is 0 Å². The van der Waals surface area contributed by atoms with Gasteiger partial charge in [0.05, 0.1) is 24.4 Å². The summed E-state index contributed by atoms with van der Waals surface area (Å²) in [5, 5.41) is 39.3. The molecule has 0 saturated heterocycles. The molecule has 4 nitrogen and oxygen atoms in total. The van der Waals surface area contributed by atoms with Crippen LogP contribution in [-0.2, 0) is 0 Å². The first-order chi connectivity index (χ1) is 17.2. The summed E-state index contributed by atoms with van der Waals surface area (Å²) in [6.45, 7) is 7.02. The third kappa shape index (κ3) is 6.48. The van der Waals surface area contributed by atoms with Crippen LogP contribution in [0.15, 0.2) is 97.1 Å². The van der Waals surface area contributed by atoms with Crippen LogP contribution >= 0.6 is 0 Å². The number of hydrogen-bond donors (Lipinski definition) is 4. The van der Waals surface area contributed by atoms with Gasteiger partial charge in [-0.15, -0.1) is 0 Å². The zero-order chi connectivity index (χ0) is 26.2. The molecule has 4 aromatic carbocycles. The van der Waals surface area contributed by atoms with Gasteiger partial charge >= 0.3 is 0 Å². The van der Waals surface area contributed by atoms with Gasteiger partial charge < -0.3 is 20.4 Å². The summed E-state index contributed by atoms with van der Waals surface area (Å²) in [5.41, 5.74) is 7.42. The second kappa shape index (κ2) is 12.6. The molecule has 188 valence electrons. The molecule has 4 atom stereocenters. The average molecular weight is 485 g/mol. The maximum absolute atomic E-state index is 9.83. The van der Waals surface area contributed by atoms with Crippen molar-refractivity contribution in [1.29, 1.82) is 0 Å². The first-order valence-corrected chi connectivity index (χ1v) is 12.3. The van der Waals surface area contributed by atoms with Crippen LogP contribution < -0.4 is 0 Å². The normalized spacial score (nSPS) is 14.2. The molecule has 0 bridgehead atoms. The molecule has 4 heteroatoms. The molecular formula is C32H36O4. The van der Waals surface area contributed by atoms with E-state index < -0.39 is 24.4 Å². The predicted octanol–water partition coefficient (Wildman–Crippen LogP) is 6.92. The van der Waals surface area contributed by atoms with Crippen molar-refractivity contribution in [1.82, 2.24) is 0 Å². The molecule has 4 N–H and O–H groups in total. The Morgan fingerprint density at radius 2 is 0.500 bits per heavy atom. The fourth-order valence-electron chi connectivity index (χ4n) is 4.43. The number of aliphatic hydroxyl groups is 4. The minimum atomic E-state index is -0.525. The van der Waals surface area contributed by atoms with E-state index in [9.17, 15) is 20.4 Å². The Kier molecular flexibility index (Phi) is 9.57. The molecule has 0 aromatic heterocycles. The van der Waals surface area contributed by atoms with Crippen LogP contribution in [0.25, 0.3) is 22.3 Å². The van der Waals surface area contributed by atoms with E-state index >= 15 is 0 Å². The van der Waals surface area contributed by atoms with Gasteiger partial charge in [-0.25, -0.2) is 0 Å². The monoisotopic (exact) mass is 484 g/mol. The fourth-order valence-corrected chi connectivity index (χ4v) is 4.43. The third-order valence-electron chi connectivity index (χ3n) is 6.22. The fraction of sp³-hybridized carbons (Fsp3) is 0.250. The second-order valence-corrected chi connectivity index (χ2v) is 9.05. The summed E-state index contributed by atoms with van der Waals surface area (Å²) in [5.74, 6) is 0. The number of rotatable bonds is 6. The Hall–Kier alpha value is -3.28. The van der Waals surface area contributed by atoms with Crippen molar-refractivity contribution < 1.29 is 20.4 Å². The Morgan fingerprint density at radius 3 is 0.667 bits per heavy atom. The highest BCUT2D eigenvalue weighted by atomic mass is 16.3. The van der Waals surface area contributed by atoms with Gasteiger partial charge in [-0.05, 0) is 72.2 Å². The summed E-state index contributed by atoms with van der Waals surface area (Å²) < 4.78 is 0. The number of benzene rings is 4. The molecule has 0 aliphatic heterocycles. The lowest BCUT2D eigenvalue weighted by molar-refractivity contribution is 0.197. The second-order valence-electron chi connectivity index (χ2n) is 9.05. The van der Waals surface area contributed by atoms with E-state index in [1.54, 1.807) is 27.7 Å². The van der Waals surface area contributed by atoms with E-state index in [-0.39, 0.29) is 0 Å². The van der Waals surface area contributed by atoms with E-state index in [0.29, 0.717) is 0 Å². The Labute approximate surface area is 214 Å². The van der Waals surface area contributed by atoms with Crippen LogP contribution in [0.2, 0.25) is 0 Å². The summed E-state index contributed by atoms with van der Waals surface area (Å²) in [7, 11) is 0. The zero-order valence-electron chi connectivity index (χ0n) is 21.3. The molecule has 0 amide bonds. The van der Waals surface area contributed by atoms with Crippen LogP contribution in [0.4, 0.5) is 0 Å². The van der Waals surface area contributed by atoms with E-state index in [0.717, 1.165) is 44.5 Å². The third-order valence-corrected chi connectivity index (χ3v) is 6.22.